The monoisotopic (exact) mass is 620 g/mol. The zero-order chi connectivity index (χ0) is 31.5. The highest BCUT2D eigenvalue weighted by molar-refractivity contribution is 5.79. The van der Waals surface area contributed by atoms with Crippen LogP contribution in [-0.2, 0) is 14.3 Å². The minimum Gasteiger partial charge on any atom is -0.502 e. The van der Waals surface area contributed by atoms with Gasteiger partial charge in [-0.2, -0.15) is 0 Å². The quantitative estimate of drug-likeness (QED) is 0.0967. The summed E-state index contributed by atoms with van der Waals surface area (Å²) >= 11 is 0. The van der Waals surface area contributed by atoms with Crippen molar-refractivity contribution < 1.29 is 48.3 Å². The van der Waals surface area contributed by atoms with Crippen LogP contribution in [-0.4, -0.2) is 56.4 Å². The number of fused-ring (bicyclic) bond motifs is 3. The van der Waals surface area contributed by atoms with Crippen LogP contribution in [0.4, 0.5) is 5.69 Å². The van der Waals surface area contributed by atoms with E-state index >= 15 is 0 Å². The number of phenolic OH excluding ortho intramolecular Hbond substituents is 1. The average Bonchev–Trinajstić information content (AvgIpc) is 3.68. The third-order valence-electron chi connectivity index (χ3n) is 8.67. The van der Waals surface area contributed by atoms with Crippen molar-refractivity contribution >= 4 is 17.6 Å². The van der Waals surface area contributed by atoms with Crippen LogP contribution in [0, 0.1) is 11.8 Å². The Bertz CT molecular complexity index is 1530. The fraction of sp³-hybridized carbons (Fsp3) is 0.394. The number of hydroxylamine groups is 1. The Morgan fingerprint density at radius 3 is 2.29 bits per heavy atom. The first kappa shape index (κ1) is 30.2. The van der Waals surface area contributed by atoms with E-state index in [4.69, 9.17) is 33.6 Å². The van der Waals surface area contributed by atoms with Gasteiger partial charge in [0.05, 0.1) is 39.4 Å². The number of benzene rings is 3. The van der Waals surface area contributed by atoms with Crippen LogP contribution in [0.5, 0.6) is 34.5 Å². The number of hydrogen-bond acceptors (Lipinski definition) is 11. The van der Waals surface area contributed by atoms with E-state index in [9.17, 15) is 14.7 Å². The number of nitrogens with one attached hydrogen (secondary N) is 2. The van der Waals surface area contributed by atoms with Crippen LogP contribution < -0.4 is 34.5 Å². The first-order valence-electron chi connectivity index (χ1n) is 14.9. The second kappa shape index (κ2) is 13.0. The fourth-order valence-corrected chi connectivity index (χ4v) is 6.48. The van der Waals surface area contributed by atoms with Gasteiger partial charge >= 0.3 is 5.97 Å². The number of cyclic esters (lactones) is 1. The number of aromatic hydroxyl groups is 1. The molecule has 2 aliphatic heterocycles. The fourth-order valence-electron chi connectivity index (χ4n) is 6.48. The van der Waals surface area contributed by atoms with Gasteiger partial charge in [-0.05, 0) is 84.5 Å². The van der Waals surface area contributed by atoms with Crippen LogP contribution in [0.3, 0.4) is 0 Å². The lowest BCUT2D eigenvalue weighted by atomic mass is 9.65. The molecule has 0 aromatic heterocycles. The summed E-state index contributed by atoms with van der Waals surface area (Å²) in [5, 5.41) is 22.8. The Morgan fingerprint density at radius 1 is 0.933 bits per heavy atom. The number of amides is 1. The summed E-state index contributed by atoms with van der Waals surface area (Å²) in [7, 11) is 2.94. The number of carbonyl (C=O) groups excluding carboxylic acids is 2. The van der Waals surface area contributed by atoms with Gasteiger partial charge in [0.2, 0.25) is 18.4 Å². The maximum Gasteiger partial charge on any atom is 0.310 e. The smallest absolute Gasteiger partial charge is 0.310 e. The summed E-state index contributed by atoms with van der Waals surface area (Å²) in [6.07, 6.45) is 2.54. The molecule has 0 saturated carbocycles. The number of anilines is 1. The summed E-state index contributed by atoms with van der Waals surface area (Å²) < 4.78 is 34.0. The zero-order valence-corrected chi connectivity index (χ0v) is 25.0. The largest absolute Gasteiger partial charge is 0.502 e. The van der Waals surface area contributed by atoms with Gasteiger partial charge in [0.25, 0.3) is 0 Å². The van der Waals surface area contributed by atoms with Gasteiger partial charge in [-0.25, -0.2) is 5.48 Å². The van der Waals surface area contributed by atoms with E-state index in [0.29, 0.717) is 30.3 Å². The number of esters is 1. The predicted molar refractivity (Wildman–Crippen MR) is 160 cm³/mol. The van der Waals surface area contributed by atoms with Crippen molar-refractivity contribution in [1.82, 2.24) is 5.48 Å². The van der Waals surface area contributed by atoms with Crippen LogP contribution in [0.1, 0.15) is 54.3 Å². The van der Waals surface area contributed by atoms with Gasteiger partial charge < -0.3 is 38.8 Å². The molecule has 238 valence electrons. The van der Waals surface area contributed by atoms with Crippen molar-refractivity contribution in [3.63, 3.8) is 0 Å². The standard InChI is InChI=1S/C33H36N2O10/c1-40-26-12-18(13-27(41-2)32(26)37)29-21-14-24-25(45-17-44-24)15-22(21)31(23-16-43-33(38)30(23)29)34-19-7-9-20(10-8-19)42-11-5-3-4-6-28(36)35-39/h7-10,12-15,23,29-31,34,37,39H,3-6,11,16-17H2,1-2H3,(H,35,36)/t23-,29+,30-,31+/m0/s1. The molecule has 4 N–H and O–H groups in total. The van der Waals surface area contributed by atoms with E-state index in [1.165, 1.54) is 14.2 Å². The molecule has 0 unspecified atom stereocenters. The van der Waals surface area contributed by atoms with Crippen LogP contribution in [0.25, 0.3) is 0 Å². The van der Waals surface area contributed by atoms with Gasteiger partial charge in [0, 0.05) is 23.9 Å². The molecular weight excluding hydrogens is 584 g/mol. The van der Waals surface area contributed by atoms with E-state index < -0.39 is 11.8 Å². The van der Waals surface area contributed by atoms with Crippen LogP contribution in [0.2, 0.25) is 0 Å². The number of methoxy groups -OCH3 is 2. The molecule has 3 aromatic rings. The molecule has 0 spiro atoms. The van der Waals surface area contributed by atoms with E-state index in [0.717, 1.165) is 35.2 Å². The lowest BCUT2D eigenvalue weighted by Crippen LogP contribution is -2.37. The molecule has 1 fully saturated rings. The SMILES string of the molecule is COc1cc([C@@H]2c3cc4c(cc3[C@@H](Nc3ccc(OCCCCCC(=O)NO)cc3)[C@H]3COC(=O)[C@H]23)OCO4)cc(OC)c1O. The van der Waals surface area contributed by atoms with Gasteiger partial charge in [-0.3, -0.25) is 14.8 Å². The molecule has 12 heteroatoms. The molecular formula is C33H36N2O10. The molecule has 6 rings (SSSR count). The third kappa shape index (κ3) is 5.97. The highest BCUT2D eigenvalue weighted by Crippen LogP contribution is 2.56. The number of hydrogen-bond donors (Lipinski definition) is 4. The van der Waals surface area contributed by atoms with E-state index in [2.05, 4.69) is 5.32 Å². The minimum atomic E-state index is -0.527. The Morgan fingerprint density at radius 2 is 1.62 bits per heavy atom. The first-order valence-corrected chi connectivity index (χ1v) is 14.9. The lowest BCUT2D eigenvalue weighted by molar-refractivity contribution is -0.141. The molecule has 45 heavy (non-hydrogen) atoms. The summed E-state index contributed by atoms with van der Waals surface area (Å²) in [6, 6.07) is 14.7. The van der Waals surface area contributed by atoms with Gasteiger partial charge in [0.1, 0.15) is 5.75 Å². The number of ether oxygens (including phenoxy) is 6. The Kier molecular flexibility index (Phi) is 8.74. The van der Waals surface area contributed by atoms with Gasteiger partial charge in [0.15, 0.2) is 23.0 Å². The maximum absolute atomic E-state index is 13.4. The van der Waals surface area contributed by atoms with E-state index in [-0.39, 0.29) is 60.9 Å². The Balaban J connectivity index is 1.27. The maximum atomic E-state index is 13.4. The molecule has 4 atom stereocenters. The highest BCUT2D eigenvalue weighted by Gasteiger charge is 2.52. The Labute approximate surface area is 260 Å². The molecule has 0 bridgehead atoms. The summed E-state index contributed by atoms with van der Waals surface area (Å²) in [5.74, 6) is 0.451. The van der Waals surface area contributed by atoms with E-state index in [1.807, 2.05) is 36.4 Å². The lowest BCUT2D eigenvalue weighted by Gasteiger charge is -2.40. The minimum absolute atomic E-state index is 0.107. The summed E-state index contributed by atoms with van der Waals surface area (Å²) in [6.45, 7) is 0.851. The van der Waals surface area contributed by atoms with Crippen molar-refractivity contribution in [2.24, 2.45) is 11.8 Å². The van der Waals surface area contributed by atoms with Gasteiger partial charge in [-0.15, -0.1) is 0 Å². The van der Waals surface area contributed by atoms with Crippen LogP contribution >= 0.6 is 0 Å². The van der Waals surface area contributed by atoms with Crippen LogP contribution in [0.15, 0.2) is 48.5 Å². The normalized spacial score (nSPS) is 20.9. The topological polar surface area (TPSA) is 154 Å². The highest BCUT2D eigenvalue weighted by atomic mass is 16.7. The second-order valence-corrected chi connectivity index (χ2v) is 11.2. The van der Waals surface area contributed by atoms with Crippen molar-refractivity contribution in [3.05, 3.63) is 65.2 Å². The second-order valence-electron chi connectivity index (χ2n) is 11.2. The molecule has 1 amide bonds. The Hall–Kier alpha value is -4.84. The number of phenols is 1. The first-order chi connectivity index (χ1) is 21.9. The summed E-state index contributed by atoms with van der Waals surface area (Å²) in [4.78, 5) is 24.5. The summed E-state index contributed by atoms with van der Waals surface area (Å²) in [5.41, 5.74) is 5.05. The average molecular weight is 621 g/mol. The zero-order valence-electron chi connectivity index (χ0n) is 25.0. The molecule has 2 heterocycles. The number of carbonyl (C=O) groups is 2. The van der Waals surface area contributed by atoms with Crippen molar-refractivity contribution in [3.8, 4) is 34.5 Å². The van der Waals surface area contributed by atoms with E-state index in [1.54, 1.807) is 17.6 Å². The molecule has 3 aromatic carbocycles. The number of unbranched alkanes of at least 4 members (excludes halogenated alkanes) is 2. The molecule has 12 nitrogen and oxygen atoms in total. The molecule has 3 aliphatic rings. The third-order valence-corrected chi connectivity index (χ3v) is 8.67. The molecule has 1 saturated heterocycles. The van der Waals surface area contributed by atoms with Gasteiger partial charge in [-0.1, -0.05) is 0 Å². The van der Waals surface area contributed by atoms with Crippen molar-refractivity contribution in [2.45, 2.75) is 37.6 Å². The number of rotatable bonds is 12. The molecule has 0 radical (unpaired) electrons. The van der Waals surface area contributed by atoms with Crippen molar-refractivity contribution in [2.75, 3.05) is 39.5 Å². The predicted octanol–water partition coefficient (Wildman–Crippen LogP) is 4.67. The molecule has 1 aliphatic carbocycles. The van der Waals surface area contributed by atoms with Crippen molar-refractivity contribution in [1.29, 1.82) is 0 Å².